The maximum absolute atomic E-state index is 11.3. The lowest BCUT2D eigenvalue weighted by molar-refractivity contribution is -0.142. The van der Waals surface area contributed by atoms with Crippen molar-refractivity contribution in [3.05, 3.63) is 42.0 Å². The molecule has 0 saturated heterocycles. The lowest BCUT2D eigenvalue weighted by Crippen LogP contribution is -2.03. The van der Waals surface area contributed by atoms with Crippen LogP contribution in [-0.2, 0) is 9.53 Å². The number of esters is 1. The van der Waals surface area contributed by atoms with Crippen LogP contribution in [-0.4, -0.2) is 13.1 Å². The van der Waals surface area contributed by atoms with E-state index >= 15 is 0 Å². The second kappa shape index (κ2) is 4.52. The topological polar surface area (TPSA) is 26.3 Å². The number of ether oxygens (including phenoxy) is 1. The number of rotatable bonds is 3. The summed E-state index contributed by atoms with van der Waals surface area (Å²) in [4.78, 5) is 11.3. The molecule has 0 amide bonds. The Balaban J connectivity index is 2.02. The lowest BCUT2D eigenvalue weighted by atomic mass is 10.1. The van der Waals surface area contributed by atoms with E-state index in [0.717, 1.165) is 6.42 Å². The van der Waals surface area contributed by atoms with E-state index in [1.807, 2.05) is 18.2 Å². The van der Waals surface area contributed by atoms with Gasteiger partial charge in [0.05, 0.1) is 13.0 Å². The number of carbonyl (C=O) groups is 1. The van der Waals surface area contributed by atoms with Crippen molar-refractivity contribution >= 4 is 11.5 Å². The van der Waals surface area contributed by atoms with Gasteiger partial charge in [-0.2, -0.15) is 0 Å². The zero-order valence-electron chi connectivity index (χ0n) is 9.64. The summed E-state index contributed by atoms with van der Waals surface area (Å²) in [5.41, 5.74) is 2.45. The molecule has 2 atom stereocenters. The number of methoxy groups -OCH3 is 1. The number of carbonyl (C=O) groups excluding carboxylic acids is 1. The first-order chi connectivity index (χ1) is 7.72. The van der Waals surface area contributed by atoms with Crippen molar-refractivity contribution < 1.29 is 9.53 Å². The van der Waals surface area contributed by atoms with Crippen molar-refractivity contribution in [1.29, 1.82) is 0 Å². The molecule has 1 fully saturated rings. The normalized spacial score (nSPS) is 24.0. The van der Waals surface area contributed by atoms with Crippen LogP contribution in [0.5, 0.6) is 0 Å². The summed E-state index contributed by atoms with van der Waals surface area (Å²) in [5, 5.41) is 0. The molecule has 16 heavy (non-hydrogen) atoms. The van der Waals surface area contributed by atoms with Gasteiger partial charge in [-0.3, -0.25) is 4.79 Å². The third-order valence-corrected chi connectivity index (χ3v) is 3.04. The van der Waals surface area contributed by atoms with Crippen LogP contribution in [0.4, 0.5) is 0 Å². The van der Waals surface area contributed by atoms with Gasteiger partial charge in [-0.1, -0.05) is 36.4 Å². The number of hydrogen-bond donors (Lipinski definition) is 0. The molecule has 2 nitrogen and oxygen atoms in total. The molecule has 1 aromatic carbocycles. The van der Waals surface area contributed by atoms with E-state index in [9.17, 15) is 4.79 Å². The molecule has 0 bridgehead atoms. The van der Waals surface area contributed by atoms with Gasteiger partial charge in [0.2, 0.25) is 0 Å². The van der Waals surface area contributed by atoms with Crippen LogP contribution in [0.25, 0.3) is 5.57 Å². The fourth-order valence-corrected chi connectivity index (χ4v) is 1.94. The smallest absolute Gasteiger partial charge is 0.309 e. The van der Waals surface area contributed by atoms with Gasteiger partial charge in [0.1, 0.15) is 0 Å². The zero-order valence-corrected chi connectivity index (χ0v) is 9.64. The molecule has 1 aromatic rings. The maximum atomic E-state index is 11.3. The molecule has 2 heteroatoms. The minimum absolute atomic E-state index is 0.0814. The maximum Gasteiger partial charge on any atom is 0.309 e. The van der Waals surface area contributed by atoms with Crippen LogP contribution in [0.3, 0.4) is 0 Å². The Labute approximate surface area is 95.9 Å². The van der Waals surface area contributed by atoms with Gasteiger partial charge >= 0.3 is 5.97 Å². The van der Waals surface area contributed by atoms with Gasteiger partial charge < -0.3 is 4.74 Å². The largest absolute Gasteiger partial charge is 0.469 e. The first-order valence-electron chi connectivity index (χ1n) is 5.54. The summed E-state index contributed by atoms with van der Waals surface area (Å²) in [6, 6.07) is 10.2. The SMILES string of the molecule is COC(=O)C1CC1/C=C(/C)c1ccccc1. The molecule has 1 saturated carbocycles. The molecule has 84 valence electrons. The van der Waals surface area contributed by atoms with E-state index in [1.54, 1.807) is 0 Å². The van der Waals surface area contributed by atoms with E-state index in [2.05, 4.69) is 25.1 Å². The molecular formula is C14H16O2. The summed E-state index contributed by atoms with van der Waals surface area (Å²) in [7, 11) is 1.45. The molecule has 0 aromatic heterocycles. The number of allylic oxidation sites excluding steroid dienone is 2. The van der Waals surface area contributed by atoms with Crippen molar-refractivity contribution in [3.8, 4) is 0 Å². The van der Waals surface area contributed by atoms with Crippen molar-refractivity contribution in [3.63, 3.8) is 0 Å². The van der Waals surface area contributed by atoms with Crippen molar-refractivity contribution in [2.75, 3.05) is 7.11 Å². The number of benzene rings is 1. The van der Waals surface area contributed by atoms with Gasteiger partial charge in [0.15, 0.2) is 0 Å². The van der Waals surface area contributed by atoms with Crippen molar-refractivity contribution in [1.82, 2.24) is 0 Å². The summed E-state index contributed by atoms with van der Waals surface area (Å²) in [6.07, 6.45) is 3.10. The molecular weight excluding hydrogens is 200 g/mol. The monoisotopic (exact) mass is 216 g/mol. The first kappa shape index (κ1) is 10.9. The van der Waals surface area contributed by atoms with Crippen molar-refractivity contribution in [2.45, 2.75) is 13.3 Å². The average Bonchev–Trinajstić information content (AvgIpc) is 3.08. The van der Waals surface area contributed by atoms with E-state index in [0.29, 0.717) is 5.92 Å². The van der Waals surface area contributed by atoms with Crippen LogP contribution in [0.2, 0.25) is 0 Å². The average molecular weight is 216 g/mol. The van der Waals surface area contributed by atoms with Crippen LogP contribution >= 0.6 is 0 Å². The van der Waals surface area contributed by atoms with Crippen LogP contribution in [0.1, 0.15) is 18.9 Å². The molecule has 1 aliphatic carbocycles. The predicted octanol–water partition coefficient (Wildman–Crippen LogP) is 2.90. The molecule has 0 N–H and O–H groups in total. The van der Waals surface area contributed by atoms with Crippen LogP contribution in [0, 0.1) is 11.8 Å². The fourth-order valence-electron chi connectivity index (χ4n) is 1.94. The Kier molecular flexibility index (Phi) is 3.09. The van der Waals surface area contributed by atoms with Crippen molar-refractivity contribution in [2.24, 2.45) is 11.8 Å². The minimum Gasteiger partial charge on any atom is -0.469 e. The lowest BCUT2D eigenvalue weighted by Gasteiger charge is -2.00. The second-order valence-corrected chi connectivity index (χ2v) is 4.24. The van der Waals surface area contributed by atoms with E-state index in [4.69, 9.17) is 4.74 Å². The fraction of sp³-hybridized carbons (Fsp3) is 0.357. The summed E-state index contributed by atoms with van der Waals surface area (Å²) < 4.78 is 4.72. The van der Waals surface area contributed by atoms with Gasteiger partial charge in [-0.05, 0) is 30.4 Å². The quantitative estimate of drug-likeness (QED) is 0.726. The first-order valence-corrected chi connectivity index (χ1v) is 5.54. The van der Waals surface area contributed by atoms with E-state index in [-0.39, 0.29) is 11.9 Å². The highest BCUT2D eigenvalue weighted by atomic mass is 16.5. The van der Waals surface area contributed by atoms with Gasteiger partial charge in [-0.25, -0.2) is 0 Å². The molecule has 2 rings (SSSR count). The molecule has 0 aliphatic heterocycles. The Morgan fingerprint density at radius 3 is 2.69 bits per heavy atom. The summed E-state index contributed by atoms with van der Waals surface area (Å²) >= 11 is 0. The Hall–Kier alpha value is -1.57. The molecule has 0 radical (unpaired) electrons. The molecule has 0 heterocycles. The van der Waals surface area contributed by atoms with Gasteiger partial charge in [0, 0.05) is 0 Å². The molecule has 2 unspecified atom stereocenters. The zero-order chi connectivity index (χ0) is 11.5. The third-order valence-electron chi connectivity index (χ3n) is 3.04. The van der Waals surface area contributed by atoms with Gasteiger partial charge in [0.25, 0.3) is 0 Å². The number of hydrogen-bond acceptors (Lipinski definition) is 2. The van der Waals surface area contributed by atoms with Gasteiger partial charge in [-0.15, -0.1) is 0 Å². The van der Waals surface area contributed by atoms with E-state index < -0.39 is 0 Å². The highest BCUT2D eigenvalue weighted by Crippen LogP contribution is 2.42. The Morgan fingerprint density at radius 2 is 2.06 bits per heavy atom. The summed E-state index contributed by atoms with van der Waals surface area (Å²) in [6.45, 7) is 2.09. The minimum atomic E-state index is -0.0814. The standard InChI is InChI=1S/C14H16O2/c1-10(11-6-4-3-5-7-11)8-12-9-13(12)14(15)16-2/h3-8,12-13H,9H2,1-2H3/b10-8-. The highest BCUT2D eigenvalue weighted by Gasteiger charge is 2.42. The van der Waals surface area contributed by atoms with Crippen LogP contribution < -0.4 is 0 Å². The third kappa shape index (κ3) is 2.32. The molecule has 1 aliphatic rings. The van der Waals surface area contributed by atoms with E-state index in [1.165, 1.54) is 18.2 Å². The Morgan fingerprint density at radius 1 is 1.38 bits per heavy atom. The molecule has 0 spiro atoms. The Bertz CT molecular complexity index is 406. The second-order valence-electron chi connectivity index (χ2n) is 4.24. The summed E-state index contributed by atoms with van der Waals surface area (Å²) in [5.74, 6) is 0.374. The predicted molar refractivity (Wildman–Crippen MR) is 63.7 cm³/mol. The highest BCUT2D eigenvalue weighted by molar-refractivity contribution is 5.77. The van der Waals surface area contributed by atoms with Crippen LogP contribution in [0.15, 0.2) is 36.4 Å².